The van der Waals surface area contributed by atoms with Gasteiger partial charge in [0.25, 0.3) is 0 Å². The van der Waals surface area contributed by atoms with Crippen LogP contribution in [-0.2, 0) is 25.6 Å². The highest BCUT2D eigenvalue weighted by atomic mass is 16.4. The fraction of sp³-hybridized carbons (Fsp3) is 0.600. The number of nitrogens with one attached hydrogen (secondary N) is 3. The molecule has 6 unspecified atom stereocenters. The van der Waals surface area contributed by atoms with Crippen LogP contribution < -0.4 is 21.7 Å². The second kappa shape index (κ2) is 14.4. The molecule has 6 atom stereocenters. The van der Waals surface area contributed by atoms with Gasteiger partial charge < -0.3 is 31.9 Å². The highest BCUT2D eigenvalue weighted by Crippen LogP contribution is 2.09. The van der Waals surface area contributed by atoms with Gasteiger partial charge >= 0.3 is 5.97 Å². The predicted molar refractivity (Wildman–Crippen MR) is 132 cm³/mol. The molecule has 0 aliphatic rings. The molecule has 0 bridgehead atoms. The molecule has 0 fully saturated rings. The molecular weight excluding hydrogens is 452 g/mol. The molecule has 10 heteroatoms. The van der Waals surface area contributed by atoms with Gasteiger partial charge in [0, 0.05) is 6.42 Å². The average molecular weight is 493 g/mol. The van der Waals surface area contributed by atoms with E-state index in [9.17, 15) is 29.4 Å². The lowest BCUT2D eigenvalue weighted by molar-refractivity contribution is -0.143. The van der Waals surface area contributed by atoms with E-state index in [2.05, 4.69) is 16.0 Å². The van der Waals surface area contributed by atoms with E-state index >= 15 is 0 Å². The SMILES string of the molecule is CCC(C)C(N)C(=O)NC(Cc1ccccc1)C(=O)NC(C(=O)NC(CC(C)C)C(=O)O)C(C)O. The van der Waals surface area contributed by atoms with Crippen molar-refractivity contribution in [2.24, 2.45) is 17.6 Å². The molecule has 0 radical (unpaired) electrons. The number of carboxylic acids is 1. The number of carboxylic acid groups (broad SMARTS) is 1. The molecule has 0 aliphatic heterocycles. The Kier molecular flexibility index (Phi) is 12.4. The first-order valence-electron chi connectivity index (χ1n) is 12.0. The molecule has 1 aromatic rings. The Hall–Kier alpha value is -2.98. The maximum absolute atomic E-state index is 13.2. The van der Waals surface area contributed by atoms with Gasteiger partial charge in [-0.05, 0) is 30.7 Å². The number of amides is 3. The molecule has 1 aromatic carbocycles. The first-order valence-corrected chi connectivity index (χ1v) is 12.0. The fourth-order valence-corrected chi connectivity index (χ4v) is 3.45. The fourth-order valence-electron chi connectivity index (χ4n) is 3.45. The lowest BCUT2D eigenvalue weighted by atomic mass is 9.98. The monoisotopic (exact) mass is 492 g/mol. The normalized spacial score (nSPS) is 16.3. The van der Waals surface area contributed by atoms with Crippen LogP contribution in [0.2, 0.25) is 0 Å². The molecule has 0 aliphatic carbocycles. The quantitative estimate of drug-likeness (QED) is 0.220. The second-order valence-corrected chi connectivity index (χ2v) is 9.42. The standard InChI is InChI=1S/C25H40N4O6/c1-6-15(4)20(26)23(32)27-18(13-17-10-8-7-9-11-17)22(31)29-21(16(5)30)24(33)28-19(25(34)35)12-14(2)3/h7-11,14-16,18-21,30H,6,12-13,26H2,1-5H3,(H,27,32)(H,28,33)(H,29,31)(H,34,35). The Bertz CT molecular complexity index is 846. The first kappa shape index (κ1) is 30.1. The molecule has 10 nitrogen and oxygen atoms in total. The third-order valence-electron chi connectivity index (χ3n) is 5.86. The molecular formula is C25H40N4O6. The van der Waals surface area contributed by atoms with E-state index < -0.39 is 54.0 Å². The van der Waals surface area contributed by atoms with Crippen LogP contribution in [0.4, 0.5) is 0 Å². The summed E-state index contributed by atoms with van der Waals surface area (Å²) in [6.45, 7) is 8.68. The predicted octanol–water partition coefficient (Wildman–Crippen LogP) is 0.568. The molecule has 196 valence electrons. The Morgan fingerprint density at radius 2 is 1.46 bits per heavy atom. The number of aliphatic carboxylic acids is 1. The Morgan fingerprint density at radius 1 is 0.886 bits per heavy atom. The van der Waals surface area contributed by atoms with E-state index in [1.807, 2.05) is 33.8 Å². The van der Waals surface area contributed by atoms with Crippen LogP contribution in [0.5, 0.6) is 0 Å². The zero-order chi connectivity index (χ0) is 26.7. The maximum Gasteiger partial charge on any atom is 0.326 e. The van der Waals surface area contributed by atoms with E-state index in [1.54, 1.807) is 24.3 Å². The van der Waals surface area contributed by atoms with Gasteiger partial charge in [-0.25, -0.2) is 4.79 Å². The minimum absolute atomic E-state index is 0.00354. The van der Waals surface area contributed by atoms with Gasteiger partial charge in [0.05, 0.1) is 12.1 Å². The molecule has 7 N–H and O–H groups in total. The van der Waals surface area contributed by atoms with Crippen molar-refractivity contribution in [1.29, 1.82) is 0 Å². The van der Waals surface area contributed by atoms with Gasteiger partial charge in [0.1, 0.15) is 18.1 Å². The smallest absolute Gasteiger partial charge is 0.326 e. The summed E-state index contributed by atoms with van der Waals surface area (Å²) in [5, 5.41) is 27.1. The number of hydrogen-bond acceptors (Lipinski definition) is 6. The van der Waals surface area contributed by atoms with Crippen LogP contribution in [0, 0.1) is 11.8 Å². The number of nitrogens with two attached hydrogens (primary N) is 1. The summed E-state index contributed by atoms with van der Waals surface area (Å²) in [6.07, 6.45) is -0.329. The number of benzene rings is 1. The van der Waals surface area contributed by atoms with Gasteiger partial charge in [0.2, 0.25) is 17.7 Å². The molecule has 35 heavy (non-hydrogen) atoms. The zero-order valence-corrected chi connectivity index (χ0v) is 21.2. The summed E-state index contributed by atoms with van der Waals surface area (Å²) in [7, 11) is 0. The van der Waals surface area contributed by atoms with Crippen LogP contribution in [0.1, 0.15) is 53.0 Å². The Morgan fingerprint density at radius 3 is 1.94 bits per heavy atom. The average Bonchev–Trinajstić information content (AvgIpc) is 2.80. The summed E-state index contributed by atoms with van der Waals surface area (Å²) in [6, 6.07) is 4.51. The highest BCUT2D eigenvalue weighted by Gasteiger charge is 2.33. The number of hydrogen-bond donors (Lipinski definition) is 6. The Balaban J connectivity index is 3.08. The number of rotatable bonds is 14. The highest BCUT2D eigenvalue weighted by molar-refractivity contribution is 5.94. The number of aliphatic hydroxyl groups is 1. The molecule has 1 rings (SSSR count). The maximum atomic E-state index is 13.2. The molecule has 0 saturated heterocycles. The van der Waals surface area contributed by atoms with E-state index in [0.717, 1.165) is 5.56 Å². The van der Waals surface area contributed by atoms with Crippen LogP contribution in [-0.4, -0.2) is 64.2 Å². The molecule has 0 saturated carbocycles. The van der Waals surface area contributed by atoms with Crippen molar-refractivity contribution in [3.8, 4) is 0 Å². The van der Waals surface area contributed by atoms with E-state index in [4.69, 9.17) is 5.73 Å². The van der Waals surface area contributed by atoms with Crippen LogP contribution in [0.3, 0.4) is 0 Å². The van der Waals surface area contributed by atoms with Gasteiger partial charge in [0.15, 0.2) is 0 Å². The van der Waals surface area contributed by atoms with Crippen molar-refractivity contribution in [3.05, 3.63) is 35.9 Å². The zero-order valence-electron chi connectivity index (χ0n) is 21.2. The van der Waals surface area contributed by atoms with Gasteiger partial charge in [-0.2, -0.15) is 0 Å². The number of carbonyl (C=O) groups excluding carboxylic acids is 3. The van der Waals surface area contributed by atoms with Crippen molar-refractivity contribution >= 4 is 23.7 Å². The van der Waals surface area contributed by atoms with Crippen molar-refractivity contribution < 1.29 is 29.4 Å². The van der Waals surface area contributed by atoms with Crippen molar-refractivity contribution in [2.45, 2.75) is 84.2 Å². The molecule has 0 heterocycles. The summed E-state index contributed by atoms with van der Waals surface area (Å²) in [5.41, 5.74) is 6.80. The molecule has 0 aromatic heterocycles. The summed E-state index contributed by atoms with van der Waals surface area (Å²) in [4.78, 5) is 50.2. The third kappa shape index (κ3) is 10.0. The van der Waals surface area contributed by atoms with Crippen LogP contribution >= 0.6 is 0 Å². The lowest BCUT2D eigenvalue weighted by Gasteiger charge is -2.27. The van der Waals surface area contributed by atoms with Gasteiger partial charge in [-0.15, -0.1) is 0 Å². The number of aliphatic hydroxyl groups excluding tert-OH is 1. The van der Waals surface area contributed by atoms with Crippen molar-refractivity contribution in [3.63, 3.8) is 0 Å². The summed E-state index contributed by atoms with van der Waals surface area (Å²) >= 11 is 0. The first-order chi connectivity index (χ1) is 16.4. The van der Waals surface area contributed by atoms with E-state index in [-0.39, 0.29) is 24.7 Å². The van der Waals surface area contributed by atoms with Gasteiger partial charge in [-0.1, -0.05) is 64.4 Å². The number of carbonyl (C=O) groups is 4. The molecule has 3 amide bonds. The Labute approximate surface area is 207 Å². The third-order valence-corrected chi connectivity index (χ3v) is 5.86. The second-order valence-electron chi connectivity index (χ2n) is 9.42. The van der Waals surface area contributed by atoms with Gasteiger partial charge in [-0.3, -0.25) is 14.4 Å². The van der Waals surface area contributed by atoms with Crippen molar-refractivity contribution in [2.75, 3.05) is 0 Å². The topological polar surface area (TPSA) is 171 Å². The van der Waals surface area contributed by atoms with E-state index in [1.165, 1.54) is 6.92 Å². The molecule has 0 spiro atoms. The minimum Gasteiger partial charge on any atom is -0.480 e. The van der Waals surface area contributed by atoms with E-state index in [0.29, 0.717) is 6.42 Å². The van der Waals surface area contributed by atoms with Crippen LogP contribution in [0.25, 0.3) is 0 Å². The van der Waals surface area contributed by atoms with Crippen LogP contribution in [0.15, 0.2) is 30.3 Å². The summed E-state index contributed by atoms with van der Waals surface area (Å²) in [5.74, 6) is -3.36. The van der Waals surface area contributed by atoms with Crippen molar-refractivity contribution in [1.82, 2.24) is 16.0 Å². The summed E-state index contributed by atoms with van der Waals surface area (Å²) < 4.78 is 0. The largest absolute Gasteiger partial charge is 0.480 e. The lowest BCUT2D eigenvalue weighted by Crippen LogP contribution is -2.60. The minimum atomic E-state index is -1.42.